The van der Waals surface area contributed by atoms with Gasteiger partial charge in [0, 0.05) is 41.4 Å². The Labute approximate surface area is 257 Å². The van der Waals surface area contributed by atoms with Crippen LogP contribution >= 0.6 is 0 Å². The SMILES string of the molecule is COCCNS(=O)(=O)N[C@@]1(C)CC[C@]2(C)CC[C@@]3(C)[C@]4(C)CC[C@H]5C(C)(C)C(=O)C(C#N)=C[C@]5(C)C4=CC(=O)[C@]3(O)[C@@H]2C1. The van der Waals surface area contributed by atoms with Gasteiger partial charge in [-0.1, -0.05) is 47.6 Å². The van der Waals surface area contributed by atoms with Gasteiger partial charge < -0.3 is 9.84 Å². The molecular formula is C33H49N3O6S. The summed E-state index contributed by atoms with van der Waals surface area (Å²) in [6, 6.07) is 2.13. The van der Waals surface area contributed by atoms with Gasteiger partial charge in [-0.25, -0.2) is 0 Å². The van der Waals surface area contributed by atoms with Crippen LogP contribution in [0.1, 0.15) is 93.4 Å². The lowest BCUT2D eigenvalue weighted by molar-refractivity contribution is -0.239. The van der Waals surface area contributed by atoms with Crippen molar-refractivity contribution >= 4 is 21.8 Å². The Bertz CT molecular complexity index is 1460. The molecule has 5 rings (SSSR count). The van der Waals surface area contributed by atoms with Gasteiger partial charge in [0.2, 0.25) is 0 Å². The number of hydrogen-bond acceptors (Lipinski definition) is 7. The number of nitriles is 1. The minimum absolute atomic E-state index is 0.0849. The lowest BCUT2D eigenvalue weighted by Crippen LogP contribution is -2.74. The number of carbonyl (C=O) groups is 2. The smallest absolute Gasteiger partial charge is 0.277 e. The van der Waals surface area contributed by atoms with Crippen molar-refractivity contribution in [3.8, 4) is 6.07 Å². The van der Waals surface area contributed by atoms with Gasteiger partial charge in [0.25, 0.3) is 10.2 Å². The highest BCUT2D eigenvalue weighted by molar-refractivity contribution is 7.87. The van der Waals surface area contributed by atoms with Crippen LogP contribution < -0.4 is 9.44 Å². The summed E-state index contributed by atoms with van der Waals surface area (Å²) in [5, 5.41) is 22.9. The summed E-state index contributed by atoms with van der Waals surface area (Å²) in [5.41, 5.74) is -4.73. The van der Waals surface area contributed by atoms with Crippen molar-refractivity contribution in [2.24, 2.45) is 38.9 Å². The molecule has 0 aliphatic heterocycles. The van der Waals surface area contributed by atoms with Crippen molar-refractivity contribution in [2.75, 3.05) is 20.3 Å². The first kappa shape index (κ1) is 32.5. The number of nitrogens with zero attached hydrogens (tertiary/aromatic N) is 1. The molecule has 0 bridgehead atoms. The molecule has 43 heavy (non-hydrogen) atoms. The topological polar surface area (TPSA) is 146 Å². The number of nitrogens with one attached hydrogen (secondary N) is 2. The summed E-state index contributed by atoms with van der Waals surface area (Å²) in [6.07, 6.45) is 7.93. The number of ether oxygens (including phenoxy) is 1. The first-order valence-electron chi connectivity index (χ1n) is 15.6. The van der Waals surface area contributed by atoms with Crippen LogP contribution in [0, 0.1) is 50.2 Å². The fraction of sp³-hybridized carbons (Fsp3) is 0.788. The molecule has 10 heteroatoms. The van der Waals surface area contributed by atoms with Gasteiger partial charge in [-0.2, -0.15) is 23.1 Å². The summed E-state index contributed by atoms with van der Waals surface area (Å²) in [7, 11) is -2.33. The highest BCUT2D eigenvalue weighted by Crippen LogP contribution is 2.75. The quantitative estimate of drug-likeness (QED) is 0.381. The maximum absolute atomic E-state index is 14.6. The van der Waals surface area contributed by atoms with E-state index in [1.165, 1.54) is 7.11 Å². The molecule has 0 aromatic carbocycles. The molecule has 3 fully saturated rings. The van der Waals surface area contributed by atoms with Crippen molar-refractivity contribution in [1.29, 1.82) is 5.26 Å². The lowest BCUT2D eigenvalue weighted by atomic mass is 9.33. The van der Waals surface area contributed by atoms with E-state index in [4.69, 9.17) is 4.74 Å². The van der Waals surface area contributed by atoms with E-state index >= 15 is 0 Å². The first-order chi connectivity index (χ1) is 19.7. The second-order valence-corrected chi connectivity index (χ2v) is 17.4. The van der Waals surface area contributed by atoms with Crippen LogP contribution in [-0.4, -0.2) is 56.5 Å². The largest absolute Gasteiger partial charge is 0.383 e. The van der Waals surface area contributed by atoms with E-state index in [1.54, 1.807) is 12.2 Å². The van der Waals surface area contributed by atoms with Gasteiger partial charge in [-0.15, -0.1) is 0 Å². The number of aliphatic hydroxyl groups is 1. The molecule has 0 amide bonds. The third-order valence-electron chi connectivity index (χ3n) is 13.2. The highest BCUT2D eigenvalue weighted by Gasteiger charge is 2.75. The van der Waals surface area contributed by atoms with E-state index < -0.39 is 48.9 Å². The molecular weight excluding hydrogens is 566 g/mol. The van der Waals surface area contributed by atoms with Gasteiger partial charge >= 0.3 is 0 Å². The van der Waals surface area contributed by atoms with E-state index in [0.29, 0.717) is 32.1 Å². The predicted molar refractivity (Wildman–Crippen MR) is 163 cm³/mol. The molecule has 238 valence electrons. The minimum atomic E-state index is -3.84. The molecule has 0 saturated heterocycles. The number of Topliss-reactive ketones (excluding diaryl/α,β-unsaturated/α-hetero) is 1. The van der Waals surface area contributed by atoms with Crippen LogP contribution in [0.3, 0.4) is 0 Å². The van der Waals surface area contributed by atoms with E-state index in [0.717, 1.165) is 18.4 Å². The number of allylic oxidation sites excluding steroid dienone is 3. The Morgan fingerprint density at radius 2 is 1.67 bits per heavy atom. The molecule has 8 atom stereocenters. The lowest BCUT2D eigenvalue weighted by Gasteiger charge is -2.71. The summed E-state index contributed by atoms with van der Waals surface area (Å²) in [5.74, 6) is -1.05. The van der Waals surface area contributed by atoms with E-state index in [1.807, 2.05) is 20.8 Å². The molecule has 0 spiro atoms. The van der Waals surface area contributed by atoms with Crippen molar-refractivity contribution in [3.63, 3.8) is 0 Å². The maximum Gasteiger partial charge on any atom is 0.277 e. The molecule has 0 heterocycles. The molecule has 5 aliphatic carbocycles. The van der Waals surface area contributed by atoms with Gasteiger partial charge in [0.1, 0.15) is 11.7 Å². The second-order valence-electron chi connectivity index (χ2n) is 15.9. The zero-order valence-corrected chi connectivity index (χ0v) is 27.8. The third-order valence-corrected chi connectivity index (χ3v) is 14.6. The molecule has 3 N–H and O–H groups in total. The normalized spacial score (nSPS) is 45.5. The van der Waals surface area contributed by atoms with Gasteiger partial charge in [-0.3, -0.25) is 9.59 Å². The van der Waals surface area contributed by atoms with Crippen LogP contribution in [0.2, 0.25) is 0 Å². The second kappa shape index (κ2) is 9.80. The van der Waals surface area contributed by atoms with Crippen molar-refractivity contribution < 1.29 is 27.9 Å². The molecule has 0 aromatic rings. The Morgan fingerprint density at radius 3 is 2.30 bits per heavy atom. The van der Waals surface area contributed by atoms with Crippen LogP contribution in [0.15, 0.2) is 23.3 Å². The number of hydrogen-bond donors (Lipinski definition) is 3. The van der Waals surface area contributed by atoms with E-state index in [9.17, 15) is 28.4 Å². The highest BCUT2D eigenvalue weighted by atomic mass is 32.2. The molecule has 0 unspecified atom stereocenters. The van der Waals surface area contributed by atoms with Crippen LogP contribution in [0.25, 0.3) is 0 Å². The average molecular weight is 616 g/mol. The van der Waals surface area contributed by atoms with Gasteiger partial charge in [-0.05, 0) is 80.3 Å². The number of methoxy groups -OCH3 is 1. The average Bonchev–Trinajstić information content (AvgIpc) is 2.91. The van der Waals surface area contributed by atoms with E-state index in [-0.39, 0.29) is 41.6 Å². The van der Waals surface area contributed by atoms with Gasteiger partial charge in [0.15, 0.2) is 11.6 Å². The number of fused-ring (bicyclic) bond motifs is 7. The van der Waals surface area contributed by atoms with Crippen molar-refractivity contribution in [3.05, 3.63) is 23.3 Å². The number of ketones is 2. The molecule has 0 aromatic heterocycles. The molecule has 5 aliphatic rings. The predicted octanol–water partition coefficient (Wildman–Crippen LogP) is 4.14. The molecule has 9 nitrogen and oxygen atoms in total. The zero-order chi connectivity index (χ0) is 32.1. The minimum Gasteiger partial charge on any atom is -0.383 e. The Balaban J connectivity index is 1.60. The fourth-order valence-electron chi connectivity index (χ4n) is 10.5. The Morgan fingerprint density at radius 1 is 1.02 bits per heavy atom. The monoisotopic (exact) mass is 615 g/mol. The standard InChI is InChI=1S/C33H49N3O6S/c1-27(2)22-9-10-31(6)23(30(22,5)18-21(20-34)26(27)38)17-25(37)33(39)24-19-29(4,36-43(40,41)35-15-16-42-8)13-11-28(24,3)12-14-32(31,33)7/h17-18,22,24,35-36,39H,9-16,19H2,1-8H3/t22-,24+,28+,29-,30-,31+,32-,33+/m0/s1. The Kier molecular flexibility index (Phi) is 7.40. The van der Waals surface area contributed by atoms with E-state index in [2.05, 4.69) is 43.2 Å². The number of carbonyl (C=O) groups excluding carboxylic acids is 2. The third kappa shape index (κ3) is 4.32. The van der Waals surface area contributed by atoms with Crippen LogP contribution in [0.5, 0.6) is 0 Å². The summed E-state index contributed by atoms with van der Waals surface area (Å²) >= 11 is 0. The maximum atomic E-state index is 14.6. The molecule has 0 radical (unpaired) electrons. The van der Waals surface area contributed by atoms with Crippen LogP contribution in [-0.2, 0) is 24.5 Å². The summed E-state index contributed by atoms with van der Waals surface area (Å²) in [6.45, 7) is 14.5. The summed E-state index contributed by atoms with van der Waals surface area (Å²) < 4.78 is 36.3. The van der Waals surface area contributed by atoms with Crippen molar-refractivity contribution in [1.82, 2.24) is 9.44 Å². The Hall–Kier alpha value is -1.90. The van der Waals surface area contributed by atoms with Crippen molar-refractivity contribution in [2.45, 2.75) is 105 Å². The van der Waals surface area contributed by atoms with Crippen LogP contribution in [0.4, 0.5) is 0 Å². The summed E-state index contributed by atoms with van der Waals surface area (Å²) in [4.78, 5) is 27.8. The zero-order valence-electron chi connectivity index (χ0n) is 27.0. The van der Waals surface area contributed by atoms with Gasteiger partial charge in [0.05, 0.1) is 12.2 Å². The first-order valence-corrected chi connectivity index (χ1v) is 17.1. The molecule has 3 saturated carbocycles. The number of rotatable bonds is 6. The fourth-order valence-corrected chi connectivity index (χ4v) is 11.7.